The molecule has 282 valence electrons. The first kappa shape index (κ1) is 40.4. The summed E-state index contributed by atoms with van der Waals surface area (Å²) in [4.78, 5) is 2.59. The number of rotatable bonds is 23. The van der Waals surface area contributed by atoms with Gasteiger partial charge in [-0.25, -0.2) is 0 Å². The molecule has 4 aliphatic rings. The molecular weight excluding hydrogens is 600 g/mol. The lowest BCUT2D eigenvalue weighted by molar-refractivity contribution is -0.227. The summed E-state index contributed by atoms with van der Waals surface area (Å²) in [5, 5.41) is 0. The highest BCUT2D eigenvalue weighted by atomic mass is 16.5. The quantitative estimate of drug-likeness (QED) is 0.0982. The van der Waals surface area contributed by atoms with Crippen LogP contribution in [-0.4, -0.2) is 95.4 Å². The van der Waals surface area contributed by atoms with Gasteiger partial charge in [0.15, 0.2) is 0 Å². The van der Waals surface area contributed by atoms with Gasteiger partial charge in [-0.3, -0.25) is 0 Å². The summed E-state index contributed by atoms with van der Waals surface area (Å²) in [6, 6.07) is 0. The van der Waals surface area contributed by atoms with Crippen LogP contribution in [0, 0.1) is 46.3 Å². The number of fused-ring (bicyclic) bond motifs is 5. The van der Waals surface area contributed by atoms with E-state index in [1.54, 1.807) is 0 Å². The van der Waals surface area contributed by atoms with Crippen LogP contribution in [0.4, 0.5) is 0 Å². The van der Waals surface area contributed by atoms with Crippen molar-refractivity contribution in [3.05, 3.63) is 0 Å². The summed E-state index contributed by atoms with van der Waals surface area (Å²) in [5.41, 5.74) is 29.9. The van der Waals surface area contributed by atoms with Crippen molar-refractivity contribution in [2.75, 3.05) is 72.2 Å². The van der Waals surface area contributed by atoms with Crippen LogP contribution in [0.5, 0.6) is 0 Å². The molecule has 0 aromatic carbocycles. The summed E-state index contributed by atoms with van der Waals surface area (Å²) in [6.45, 7) is 17.0. The lowest BCUT2D eigenvalue weighted by Gasteiger charge is -2.65. The molecule has 10 N–H and O–H groups in total. The highest BCUT2D eigenvalue weighted by Gasteiger charge is 2.66. The van der Waals surface area contributed by atoms with E-state index >= 15 is 0 Å². The zero-order chi connectivity index (χ0) is 34.6. The summed E-state index contributed by atoms with van der Waals surface area (Å²) in [7, 11) is 0. The number of hydrogen-bond donors (Lipinski definition) is 5. The average molecular weight is 679 g/mol. The van der Waals surface area contributed by atoms with Gasteiger partial charge < -0.3 is 47.8 Å². The van der Waals surface area contributed by atoms with Crippen LogP contribution in [0.1, 0.15) is 111 Å². The maximum absolute atomic E-state index is 7.04. The lowest BCUT2D eigenvalue weighted by atomic mass is 9.43. The Kier molecular flexibility index (Phi) is 16.9. The van der Waals surface area contributed by atoms with E-state index in [9.17, 15) is 0 Å². The van der Waals surface area contributed by atoms with Gasteiger partial charge in [0.25, 0.3) is 0 Å². The number of ether oxygens (including phenoxy) is 3. The van der Waals surface area contributed by atoms with E-state index in [0.29, 0.717) is 72.8 Å². The summed E-state index contributed by atoms with van der Waals surface area (Å²) in [6.07, 6.45) is 16.8. The van der Waals surface area contributed by atoms with Crippen molar-refractivity contribution in [1.82, 2.24) is 4.90 Å². The molecule has 4 saturated carbocycles. The van der Waals surface area contributed by atoms with Crippen molar-refractivity contribution in [2.45, 2.75) is 129 Å². The Bertz CT molecular complexity index is 892. The molecule has 0 aromatic heterocycles. The van der Waals surface area contributed by atoms with Crippen LogP contribution < -0.4 is 28.7 Å². The van der Waals surface area contributed by atoms with Crippen LogP contribution in [0.2, 0.25) is 0 Å². The van der Waals surface area contributed by atoms with Crippen molar-refractivity contribution < 1.29 is 14.2 Å². The first-order valence-electron chi connectivity index (χ1n) is 20.4. The van der Waals surface area contributed by atoms with E-state index < -0.39 is 0 Å². The van der Waals surface area contributed by atoms with Gasteiger partial charge in [0, 0.05) is 25.2 Å². The molecule has 0 amide bonds. The Balaban J connectivity index is 1.55. The third-order valence-corrected chi connectivity index (χ3v) is 14.0. The first-order chi connectivity index (χ1) is 23.3. The Morgan fingerprint density at radius 1 is 0.667 bits per heavy atom. The molecule has 6 unspecified atom stereocenters. The predicted octanol–water partition coefficient (Wildman–Crippen LogP) is 4.48. The van der Waals surface area contributed by atoms with E-state index in [-0.39, 0.29) is 11.5 Å². The van der Waals surface area contributed by atoms with Crippen molar-refractivity contribution in [2.24, 2.45) is 75.0 Å². The first-order valence-corrected chi connectivity index (χ1v) is 20.4. The molecule has 0 aromatic rings. The van der Waals surface area contributed by atoms with Gasteiger partial charge in [-0.15, -0.1) is 0 Å². The van der Waals surface area contributed by atoms with Crippen molar-refractivity contribution in [1.29, 1.82) is 0 Å². The minimum absolute atomic E-state index is 0.148. The lowest BCUT2D eigenvalue weighted by Crippen LogP contribution is -2.63. The van der Waals surface area contributed by atoms with E-state index in [2.05, 4.69) is 25.7 Å². The Morgan fingerprint density at radius 2 is 1.27 bits per heavy atom. The SMILES string of the molecule is CC(CCCN(CCCN)CCCN)C1CC[C@H]2C3[C@H](OCCCN)CC4C[C@H](OCCCN)CCC4(C)[C@H]3C[C@H](OCCCN)C12C. The summed E-state index contributed by atoms with van der Waals surface area (Å²) < 4.78 is 20.4. The normalized spacial score (nSPS) is 36.9. The highest BCUT2D eigenvalue weighted by molar-refractivity contribution is 5.15. The monoisotopic (exact) mass is 679 g/mol. The smallest absolute Gasteiger partial charge is 0.0637 e. The van der Waals surface area contributed by atoms with Crippen molar-refractivity contribution in [3.63, 3.8) is 0 Å². The van der Waals surface area contributed by atoms with Gasteiger partial charge in [0.05, 0.1) is 18.3 Å². The fraction of sp³-hybridized carbons (Fsp3) is 1.00. The zero-order valence-electron chi connectivity index (χ0n) is 31.4. The van der Waals surface area contributed by atoms with Gasteiger partial charge in [-0.1, -0.05) is 20.8 Å². The van der Waals surface area contributed by atoms with Gasteiger partial charge in [-0.05, 0) is 183 Å². The molecule has 4 aliphatic carbocycles. The van der Waals surface area contributed by atoms with Crippen LogP contribution in [0.25, 0.3) is 0 Å². The van der Waals surface area contributed by atoms with E-state index in [4.69, 9.17) is 42.9 Å². The van der Waals surface area contributed by atoms with Gasteiger partial charge in [0.1, 0.15) is 0 Å². The third-order valence-electron chi connectivity index (χ3n) is 14.0. The van der Waals surface area contributed by atoms with Gasteiger partial charge in [0.2, 0.25) is 0 Å². The van der Waals surface area contributed by atoms with Crippen molar-refractivity contribution in [3.8, 4) is 0 Å². The van der Waals surface area contributed by atoms with E-state index in [0.717, 1.165) is 110 Å². The molecule has 4 fully saturated rings. The Morgan fingerprint density at radius 3 is 1.92 bits per heavy atom. The van der Waals surface area contributed by atoms with Crippen LogP contribution in [0.15, 0.2) is 0 Å². The molecule has 48 heavy (non-hydrogen) atoms. The number of nitrogens with zero attached hydrogens (tertiary/aromatic N) is 1. The predicted molar refractivity (Wildman–Crippen MR) is 198 cm³/mol. The molecule has 0 bridgehead atoms. The summed E-state index contributed by atoms with van der Waals surface area (Å²) >= 11 is 0. The molecular formula is C39H78N6O3. The minimum Gasteiger partial charge on any atom is -0.378 e. The fourth-order valence-corrected chi connectivity index (χ4v) is 11.4. The van der Waals surface area contributed by atoms with Crippen LogP contribution >= 0.6 is 0 Å². The highest BCUT2D eigenvalue weighted by Crippen LogP contribution is 2.69. The molecule has 0 saturated heterocycles. The number of hydrogen-bond acceptors (Lipinski definition) is 9. The van der Waals surface area contributed by atoms with Gasteiger partial charge >= 0.3 is 0 Å². The molecule has 0 radical (unpaired) electrons. The molecule has 4 rings (SSSR count). The largest absolute Gasteiger partial charge is 0.378 e. The van der Waals surface area contributed by atoms with Crippen LogP contribution in [-0.2, 0) is 14.2 Å². The standard InChI is InChI=1S/C39H78N6O3/c1-29(10-4-20-45(21-5-15-40)22-6-16-41)32-11-12-33-37-34(28-36(39(32,33)3)48-25-9-19-44)38(2)14-13-31(46-23-7-17-42)26-30(38)27-35(37)47-24-8-18-43/h29-37H,4-28,40-44H2,1-3H3/t29?,30?,31-,32?,33+,34+,35-,36+,37?,38?,39?/m1/s1. The second kappa shape index (κ2) is 20.0. The second-order valence-electron chi connectivity index (χ2n) is 16.7. The van der Waals surface area contributed by atoms with Crippen LogP contribution in [0.3, 0.4) is 0 Å². The molecule has 9 nitrogen and oxygen atoms in total. The Hall–Kier alpha value is -0.360. The zero-order valence-corrected chi connectivity index (χ0v) is 31.4. The molecule has 11 atom stereocenters. The topological polar surface area (TPSA) is 161 Å². The minimum atomic E-state index is 0.148. The number of nitrogens with two attached hydrogens (primary N) is 5. The third kappa shape index (κ3) is 9.54. The summed E-state index contributed by atoms with van der Waals surface area (Å²) in [5.74, 6) is 3.75. The molecule has 0 aliphatic heterocycles. The van der Waals surface area contributed by atoms with Gasteiger partial charge in [-0.2, -0.15) is 0 Å². The van der Waals surface area contributed by atoms with E-state index in [1.165, 1.54) is 32.1 Å². The fourth-order valence-electron chi connectivity index (χ4n) is 11.4. The van der Waals surface area contributed by atoms with Crippen molar-refractivity contribution >= 4 is 0 Å². The molecule has 9 heteroatoms. The maximum Gasteiger partial charge on any atom is 0.0637 e. The second-order valence-corrected chi connectivity index (χ2v) is 16.7. The molecule has 0 heterocycles. The average Bonchev–Trinajstić information content (AvgIpc) is 3.44. The Labute approximate surface area is 294 Å². The van der Waals surface area contributed by atoms with E-state index in [1.807, 2.05) is 0 Å². The maximum atomic E-state index is 7.04. The molecule has 0 spiro atoms.